The summed E-state index contributed by atoms with van der Waals surface area (Å²) >= 11 is 6.31. The van der Waals surface area contributed by atoms with Crippen LogP contribution < -0.4 is 5.32 Å². The summed E-state index contributed by atoms with van der Waals surface area (Å²) in [4.78, 5) is 43.4. The molecule has 4 aromatic rings. The van der Waals surface area contributed by atoms with E-state index in [0.29, 0.717) is 58.7 Å². The molecule has 2 fully saturated rings. The summed E-state index contributed by atoms with van der Waals surface area (Å²) in [5.41, 5.74) is 2.34. The average Bonchev–Trinajstić information content (AvgIpc) is 3.77. The van der Waals surface area contributed by atoms with E-state index < -0.39 is 5.91 Å². The van der Waals surface area contributed by atoms with E-state index in [0.717, 1.165) is 51.0 Å². The van der Waals surface area contributed by atoms with Crippen LogP contribution >= 0.6 is 11.6 Å². The topological polar surface area (TPSA) is 127 Å². The first-order valence-electron chi connectivity index (χ1n) is 15.4. The van der Waals surface area contributed by atoms with E-state index in [9.17, 15) is 14.4 Å². The third kappa shape index (κ3) is 6.77. The fraction of sp³-hybridized carbons (Fsp3) is 0.438. The van der Waals surface area contributed by atoms with Crippen molar-refractivity contribution in [3.05, 3.63) is 64.6 Å². The highest BCUT2D eigenvalue weighted by molar-refractivity contribution is 6.31. The summed E-state index contributed by atoms with van der Waals surface area (Å²) in [5, 5.41) is 16.6. The molecular weight excluding hydrogens is 596 g/mol. The van der Waals surface area contributed by atoms with Gasteiger partial charge >= 0.3 is 0 Å². The number of hydrogen-bond donors (Lipinski definition) is 1. The van der Waals surface area contributed by atoms with Crippen molar-refractivity contribution in [1.82, 2.24) is 34.3 Å². The molecule has 13 heteroatoms. The number of nitrogens with zero attached hydrogens (tertiary/aromatic N) is 7. The molecule has 0 spiro atoms. The molecule has 236 valence electrons. The Balaban J connectivity index is 1.13. The van der Waals surface area contributed by atoms with E-state index in [1.54, 1.807) is 45.9 Å². The maximum atomic E-state index is 13.5. The van der Waals surface area contributed by atoms with Gasteiger partial charge in [-0.25, -0.2) is 4.68 Å². The monoisotopic (exact) mass is 632 g/mol. The number of ketones is 1. The number of nitrogens with one attached hydrogen (secondary N) is 1. The molecule has 2 amide bonds. The van der Waals surface area contributed by atoms with Gasteiger partial charge in [0.05, 0.1) is 29.1 Å². The fourth-order valence-corrected chi connectivity index (χ4v) is 6.22. The summed E-state index contributed by atoms with van der Waals surface area (Å²) in [7, 11) is 0. The van der Waals surface area contributed by atoms with Crippen LogP contribution in [0.25, 0.3) is 16.7 Å². The Morgan fingerprint density at radius 1 is 1.07 bits per heavy atom. The lowest BCUT2D eigenvalue weighted by molar-refractivity contribution is -0.133. The highest BCUT2D eigenvalue weighted by atomic mass is 35.5. The van der Waals surface area contributed by atoms with Crippen molar-refractivity contribution in [1.29, 1.82) is 0 Å². The predicted molar refractivity (Wildman–Crippen MR) is 170 cm³/mol. The number of benzene rings is 1. The van der Waals surface area contributed by atoms with E-state index in [2.05, 4.69) is 25.5 Å². The van der Waals surface area contributed by atoms with Gasteiger partial charge in [-0.15, -0.1) is 10.2 Å². The minimum atomic E-state index is -0.402. The summed E-state index contributed by atoms with van der Waals surface area (Å²) in [6.07, 6.45) is 6.96. The van der Waals surface area contributed by atoms with E-state index in [-0.39, 0.29) is 24.1 Å². The van der Waals surface area contributed by atoms with E-state index >= 15 is 0 Å². The number of anilines is 1. The first kappa shape index (κ1) is 30.9. The van der Waals surface area contributed by atoms with Crippen LogP contribution in [0.1, 0.15) is 59.0 Å². The third-order valence-corrected chi connectivity index (χ3v) is 8.74. The van der Waals surface area contributed by atoms with Crippen LogP contribution in [0.2, 0.25) is 5.02 Å². The molecule has 12 nitrogen and oxygen atoms in total. The van der Waals surface area contributed by atoms with Gasteiger partial charge in [0, 0.05) is 67.9 Å². The lowest BCUT2D eigenvalue weighted by atomic mass is 10.1. The largest absolute Gasteiger partial charge is 0.377 e. The molecule has 3 aromatic heterocycles. The van der Waals surface area contributed by atoms with E-state index in [4.69, 9.17) is 16.3 Å². The van der Waals surface area contributed by atoms with E-state index in [1.165, 1.54) is 0 Å². The number of fused-ring (bicyclic) bond motifs is 1. The predicted octanol–water partition coefficient (Wildman–Crippen LogP) is 4.14. The lowest BCUT2D eigenvalue weighted by Crippen LogP contribution is -2.51. The van der Waals surface area contributed by atoms with Crippen molar-refractivity contribution in [2.24, 2.45) is 0 Å². The van der Waals surface area contributed by atoms with Gasteiger partial charge in [-0.2, -0.15) is 5.10 Å². The van der Waals surface area contributed by atoms with Gasteiger partial charge in [0.1, 0.15) is 6.54 Å². The van der Waals surface area contributed by atoms with Gasteiger partial charge in [0.25, 0.3) is 5.91 Å². The number of amides is 2. The second-order valence-electron chi connectivity index (χ2n) is 11.6. The van der Waals surface area contributed by atoms with Gasteiger partial charge in [0.2, 0.25) is 5.91 Å². The van der Waals surface area contributed by atoms with Crippen molar-refractivity contribution >= 4 is 45.9 Å². The summed E-state index contributed by atoms with van der Waals surface area (Å²) in [6.45, 7) is 8.59. The van der Waals surface area contributed by atoms with Crippen molar-refractivity contribution in [2.45, 2.75) is 52.2 Å². The fourth-order valence-electron chi connectivity index (χ4n) is 6.05. The van der Waals surface area contributed by atoms with Crippen LogP contribution in [0.5, 0.6) is 0 Å². The average molecular weight is 633 g/mol. The second kappa shape index (κ2) is 13.5. The minimum Gasteiger partial charge on any atom is -0.377 e. The Hall–Kier alpha value is -4.13. The van der Waals surface area contributed by atoms with E-state index in [1.807, 2.05) is 24.8 Å². The highest BCUT2D eigenvalue weighted by Crippen LogP contribution is 2.26. The Labute approximate surface area is 266 Å². The number of carbonyl (C=O) groups is 3. The summed E-state index contributed by atoms with van der Waals surface area (Å²) in [5.74, 6) is 0.305. The van der Waals surface area contributed by atoms with Crippen molar-refractivity contribution in [3.63, 3.8) is 0 Å². The first-order chi connectivity index (χ1) is 21.8. The molecular formula is C32H37ClN8O4. The maximum Gasteiger partial charge on any atom is 0.259 e. The zero-order valence-electron chi connectivity index (χ0n) is 25.5. The van der Waals surface area contributed by atoms with Crippen molar-refractivity contribution in [3.8, 4) is 5.82 Å². The molecule has 1 unspecified atom stereocenters. The number of piperazine rings is 1. The number of Topliss-reactive ketones (excluding diaryl/α,β-unsaturated/α-hetero) is 1. The Morgan fingerprint density at radius 3 is 2.60 bits per heavy atom. The van der Waals surface area contributed by atoms with Crippen molar-refractivity contribution < 1.29 is 19.1 Å². The molecule has 0 aliphatic carbocycles. The third-order valence-electron chi connectivity index (χ3n) is 8.50. The molecule has 0 bridgehead atoms. The maximum absolute atomic E-state index is 13.5. The number of halogens is 1. The molecule has 0 radical (unpaired) electrons. The van der Waals surface area contributed by atoms with Gasteiger partial charge in [-0.1, -0.05) is 18.5 Å². The molecule has 5 heterocycles. The quantitative estimate of drug-likeness (QED) is 0.259. The Morgan fingerprint density at radius 2 is 1.89 bits per heavy atom. The van der Waals surface area contributed by atoms with Gasteiger partial charge in [0.15, 0.2) is 17.4 Å². The SMILES string of the molecule is CCCC(=O)c1cnn(-c2ccc(NC(=O)c3cn(CC(=O)N4CCN(CC5CCCO5)CC4)c4ccc(Cl)cc34)nn2)c1C. The normalized spacial score (nSPS) is 17.2. The van der Waals surface area contributed by atoms with Crippen LogP contribution in [0.4, 0.5) is 5.82 Å². The molecule has 1 aromatic carbocycles. The standard InChI is InChI=1S/C32H37ClN8O4/c1-3-5-28(42)25-17-34-41(21(25)2)30-10-9-29(36-37-30)35-32(44)26-19-40(27-8-7-22(33)16-24(26)27)20-31(43)39-13-11-38(12-14-39)18-23-6-4-15-45-23/h7-10,16-17,19,23H,3-6,11-15,18,20H2,1-2H3,(H,35,36,44). The molecule has 45 heavy (non-hydrogen) atoms. The summed E-state index contributed by atoms with van der Waals surface area (Å²) in [6, 6.07) is 8.60. The summed E-state index contributed by atoms with van der Waals surface area (Å²) < 4.78 is 9.12. The smallest absolute Gasteiger partial charge is 0.259 e. The number of rotatable bonds is 10. The Bertz CT molecular complexity index is 1700. The molecule has 2 aliphatic heterocycles. The number of hydrogen-bond acceptors (Lipinski definition) is 8. The van der Waals surface area contributed by atoms with Crippen LogP contribution in [0.3, 0.4) is 0 Å². The minimum absolute atomic E-state index is 0.000460. The highest BCUT2D eigenvalue weighted by Gasteiger charge is 2.26. The van der Waals surface area contributed by atoms with Gasteiger partial charge in [-0.3, -0.25) is 19.3 Å². The molecule has 0 saturated carbocycles. The van der Waals surface area contributed by atoms with Crippen LogP contribution in [-0.2, 0) is 16.1 Å². The molecule has 2 saturated heterocycles. The molecule has 2 aliphatic rings. The van der Waals surface area contributed by atoms with Gasteiger partial charge in [-0.05, 0) is 56.5 Å². The van der Waals surface area contributed by atoms with Crippen molar-refractivity contribution in [2.75, 3.05) is 44.6 Å². The van der Waals surface area contributed by atoms with Crippen LogP contribution in [-0.4, -0.2) is 97.4 Å². The molecule has 6 rings (SSSR count). The zero-order chi connectivity index (χ0) is 31.5. The number of carbonyl (C=O) groups excluding carboxylic acids is 3. The number of aromatic nitrogens is 5. The lowest BCUT2D eigenvalue weighted by Gasteiger charge is -2.35. The zero-order valence-corrected chi connectivity index (χ0v) is 26.3. The first-order valence-corrected chi connectivity index (χ1v) is 15.8. The second-order valence-corrected chi connectivity index (χ2v) is 12.0. The molecule has 1 atom stereocenters. The van der Waals surface area contributed by atoms with Gasteiger partial charge < -0.3 is 19.5 Å². The van der Waals surface area contributed by atoms with Crippen LogP contribution in [0, 0.1) is 6.92 Å². The van der Waals surface area contributed by atoms with Crippen LogP contribution in [0.15, 0.2) is 42.7 Å². The Kier molecular flexibility index (Phi) is 9.24. The number of ether oxygens (including phenoxy) is 1. The molecule has 1 N–H and O–H groups in total.